The Morgan fingerprint density at radius 3 is 2.59 bits per heavy atom. The summed E-state index contributed by atoms with van der Waals surface area (Å²) in [5.41, 5.74) is -6.16. The van der Waals surface area contributed by atoms with Crippen molar-refractivity contribution >= 4 is 16.0 Å². The van der Waals surface area contributed by atoms with Gasteiger partial charge in [-0.05, 0) is 31.1 Å². The molecule has 1 aliphatic heterocycles. The van der Waals surface area contributed by atoms with Crippen molar-refractivity contribution in [1.29, 1.82) is 0 Å². The van der Waals surface area contributed by atoms with Crippen LogP contribution in [0.4, 0.5) is 17.6 Å². The second-order valence-electron chi connectivity index (χ2n) is 7.93. The van der Waals surface area contributed by atoms with Crippen molar-refractivity contribution in [3.8, 4) is 5.82 Å². The highest BCUT2D eigenvalue weighted by molar-refractivity contribution is 7.87. The van der Waals surface area contributed by atoms with E-state index in [1.54, 1.807) is 30.2 Å². The lowest BCUT2D eigenvalue weighted by Crippen LogP contribution is -2.57. The van der Waals surface area contributed by atoms with Crippen LogP contribution >= 0.6 is 0 Å². The average molecular weight is 504 g/mol. The molecule has 1 spiro atoms. The molecule has 9 nitrogen and oxygen atoms in total. The number of aromatic nitrogens is 3. The van der Waals surface area contributed by atoms with E-state index in [1.807, 2.05) is 0 Å². The zero-order valence-corrected chi connectivity index (χ0v) is 18.6. The number of halogens is 4. The Bertz CT molecular complexity index is 1210. The topological polar surface area (TPSA) is 104 Å². The predicted octanol–water partition coefficient (Wildman–Crippen LogP) is 3.00. The molecule has 0 N–H and O–H groups in total. The molecule has 1 saturated heterocycles. The van der Waals surface area contributed by atoms with Gasteiger partial charge in [0.05, 0.1) is 25.0 Å². The first-order chi connectivity index (χ1) is 15.9. The van der Waals surface area contributed by atoms with E-state index in [4.69, 9.17) is 4.74 Å². The van der Waals surface area contributed by atoms with Crippen LogP contribution < -0.4 is 0 Å². The standard InChI is InChI=1S/C20H20F4N4O5S/c1-13(14-2-3-17(25-10-14)28-12-15(21)11-26-28)27-8-9-32-19(18(27)29)6-4-16(5-7-19)33-34(30,31)20(22,23)24/h2-4,10-13H,5-9H2,1H3/t13-,19?/m0/s1. The van der Waals surface area contributed by atoms with Gasteiger partial charge in [-0.15, -0.1) is 0 Å². The van der Waals surface area contributed by atoms with Crippen LogP contribution in [0.1, 0.15) is 37.8 Å². The predicted molar refractivity (Wildman–Crippen MR) is 108 cm³/mol. The molecule has 1 unspecified atom stereocenters. The Balaban J connectivity index is 1.47. The van der Waals surface area contributed by atoms with E-state index < -0.39 is 33.1 Å². The van der Waals surface area contributed by atoms with Gasteiger partial charge >= 0.3 is 15.6 Å². The third-order valence-electron chi connectivity index (χ3n) is 5.80. The zero-order chi connectivity index (χ0) is 24.7. The van der Waals surface area contributed by atoms with E-state index in [0.29, 0.717) is 11.4 Å². The molecule has 2 aromatic rings. The van der Waals surface area contributed by atoms with E-state index in [0.717, 1.165) is 12.3 Å². The highest BCUT2D eigenvalue weighted by Gasteiger charge is 2.51. The molecule has 2 aromatic heterocycles. The summed E-state index contributed by atoms with van der Waals surface area (Å²) in [4.78, 5) is 19.2. The van der Waals surface area contributed by atoms with Gasteiger partial charge in [0.1, 0.15) is 5.76 Å². The molecule has 4 rings (SSSR count). The second kappa shape index (κ2) is 8.65. The number of rotatable bonds is 5. The van der Waals surface area contributed by atoms with Gasteiger partial charge in [0.2, 0.25) is 0 Å². The fourth-order valence-electron chi connectivity index (χ4n) is 3.92. The number of carbonyl (C=O) groups excluding carboxylic acids is 1. The van der Waals surface area contributed by atoms with Crippen LogP contribution in [0.3, 0.4) is 0 Å². The van der Waals surface area contributed by atoms with E-state index in [-0.39, 0.29) is 44.1 Å². The van der Waals surface area contributed by atoms with Gasteiger partial charge < -0.3 is 13.8 Å². The third-order valence-corrected chi connectivity index (χ3v) is 6.80. The SMILES string of the molecule is C[C@@H](c1ccc(-n2cc(F)cn2)nc1)N1CCOC2(CC=C(OS(=O)(=O)C(F)(F)F)CC2)C1=O. The van der Waals surface area contributed by atoms with Crippen LogP contribution in [0.15, 0.2) is 42.6 Å². The van der Waals surface area contributed by atoms with Crippen LogP contribution in [0.2, 0.25) is 0 Å². The van der Waals surface area contributed by atoms with E-state index in [2.05, 4.69) is 14.3 Å². The average Bonchev–Trinajstić information content (AvgIpc) is 3.22. The number of allylic oxidation sites excluding steroid dienone is 1. The molecule has 2 atom stereocenters. The number of ether oxygens (including phenoxy) is 1. The minimum Gasteiger partial charge on any atom is -0.381 e. The van der Waals surface area contributed by atoms with Crippen molar-refractivity contribution in [2.75, 3.05) is 13.2 Å². The molecule has 0 aromatic carbocycles. The van der Waals surface area contributed by atoms with Gasteiger partial charge in [-0.2, -0.15) is 26.7 Å². The van der Waals surface area contributed by atoms with Crippen molar-refractivity contribution in [1.82, 2.24) is 19.7 Å². The summed E-state index contributed by atoms with van der Waals surface area (Å²) in [5, 5.41) is 3.84. The summed E-state index contributed by atoms with van der Waals surface area (Å²) >= 11 is 0. The maximum absolute atomic E-state index is 13.3. The lowest BCUT2D eigenvalue weighted by atomic mass is 9.85. The number of pyridine rings is 1. The van der Waals surface area contributed by atoms with Gasteiger partial charge in [-0.25, -0.2) is 14.1 Å². The molecule has 2 aliphatic rings. The minimum atomic E-state index is -5.77. The van der Waals surface area contributed by atoms with Crippen LogP contribution in [0, 0.1) is 5.82 Å². The van der Waals surface area contributed by atoms with Crippen LogP contribution in [-0.4, -0.2) is 58.3 Å². The molecule has 14 heteroatoms. The van der Waals surface area contributed by atoms with Gasteiger partial charge in [0, 0.05) is 25.6 Å². The van der Waals surface area contributed by atoms with Crippen LogP contribution in [0.5, 0.6) is 0 Å². The van der Waals surface area contributed by atoms with Gasteiger partial charge in [0.15, 0.2) is 17.2 Å². The highest BCUT2D eigenvalue weighted by Crippen LogP contribution is 2.39. The molecule has 0 radical (unpaired) electrons. The molecular weight excluding hydrogens is 484 g/mol. The normalized spacial score (nSPS) is 22.6. The zero-order valence-electron chi connectivity index (χ0n) is 17.8. The quantitative estimate of drug-likeness (QED) is 0.350. The number of hydrogen-bond donors (Lipinski definition) is 0. The molecular formula is C20H20F4N4O5S. The summed E-state index contributed by atoms with van der Waals surface area (Å²) in [6.07, 6.45) is 4.56. The molecule has 1 fully saturated rings. The first-order valence-electron chi connectivity index (χ1n) is 10.2. The minimum absolute atomic E-state index is 0.0314. The Hall–Kier alpha value is -3.00. The number of carbonyl (C=O) groups is 1. The summed E-state index contributed by atoms with van der Waals surface area (Å²) < 4.78 is 84.6. The van der Waals surface area contributed by atoms with Gasteiger partial charge in [-0.1, -0.05) is 6.07 Å². The van der Waals surface area contributed by atoms with Gasteiger partial charge in [-0.3, -0.25) is 4.79 Å². The summed E-state index contributed by atoms with van der Waals surface area (Å²) in [6, 6.07) is 2.96. The van der Waals surface area contributed by atoms with E-state index in [1.165, 1.54) is 10.9 Å². The lowest BCUT2D eigenvalue weighted by molar-refractivity contribution is -0.177. The summed E-state index contributed by atoms with van der Waals surface area (Å²) in [6.45, 7) is 2.27. The first-order valence-corrected chi connectivity index (χ1v) is 11.6. The smallest absolute Gasteiger partial charge is 0.381 e. The molecule has 0 saturated carbocycles. The third kappa shape index (κ3) is 4.51. The van der Waals surface area contributed by atoms with Crippen LogP contribution in [0.25, 0.3) is 5.82 Å². The largest absolute Gasteiger partial charge is 0.534 e. The summed E-state index contributed by atoms with van der Waals surface area (Å²) in [7, 11) is -5.77. The summed E-state index contributed by atoms with van der Waals surface area (Å²) in [5.74, 6) is -0.851. The van der Waals surface area contributed by atoms with Crippen molar-refractivity contribution in [3.63, 3.8) is 0 Å². The van der Waals surface area contributed by atoms with Gasteiger partial charge in [0.25, 0.3) is 5.91 Å². The fraction of sp³-hybridized carbons (Fsp3) is 0.450. The molecule has 34 heavy (non-hydrogen) atoms. The Labute approximate surface area is 192 Å². The number of morpholine rings is 1. The second-order valence-corrected chi connectivity index (χ2v) is 9.47. The number of alkyl halides is 3. The first kappa shape index (κ1) is 24.1. The lowest BCUT2D eigenvalue weighted by Gasteiger charge is -2.45. The molecule has 1 aliphatic carbocycles. The van der Waals surface area contributed by atoms with Crippen molar-refractivity contribution in [2.24, 2.45) is 0 Å². The van der Waals surface area contributed by atoms with E-state index >= 15 is 0 Å². The highest BCUT2D eigenvalue weighted by atomic mass is 32.2. The molecule has 3 heterocycles. The van der Waals surface area contributed by atoms with E-state index in [9.17, 15) is 30.8 Å². The number of hydrogen-bond acceptors (Lipinski definition) is 7. The fourth-order valence-corrected chi connectivity index (χ4v) is 4.44. The maximum atomic E-state index is 13.3. The Morgan fingerprint density at radius 1 is 1.26 bits per heavy atom. The number of nitrogens with zero attached hydrogens (tertiary/aromatic N) is 4. The van der Waals surface area contributed by atoms with Crippen molar-refractivity contribution < 1.29 is 39.7 Å². The van der Waals surface area contributed by atoms with Crippen molar-refractivity contribution in [2.45, 2.75) is 43.3 Å². The van der Waals surface area contributed by atoms with Crippen LogP contribution in [-0.2, 0) is 23.8 Å². The molecule has 0 bridgehead atoms. The Kier molecular flexibility index (Phi) is 6.14. The molecule has 1 amide bonds. The van der Waals surface area contributed by atoms with Crippen molar-refractivity contribution in [3.05, 3.63) is 53.9 Å². The number of amides is 1. The monoisotopic (exact) mass is 504 g/mol. The maximum Gasteiger partial charge on any atom is 0.534 e. The molecule has 184 valence electrons. The Morgan fingerprint density at radius 2 is 2.03 bits per heavy atom.